The summed E-state index contributed by atoms with van der Waals surface area (Å²) in [6.07, 6.45) is 3.81. The second kappa shape index (κ2) is 7.00. The van der Waals surface area contributed by atoms with Gasteiger partial charge in [0.15, 0.2) is 0 Å². The number of nitrogens with one attached hydrogen (secondary N) is 1. The van der Waals surface area contributed by atoms with Crippen molar-refractivity contribution in [3.8, 4) is 0 Å². The first-order valence-electron chi connectivity index (χ1n) is 6.92. The van der Waals surface area contributed by atoms with Crippen LogP contribution < -0.4 is 5.32 Å². The summed E-state index contributed by atoms with van der Waals surface area (Å²) in [5, 5.41) is 23.7. The Kier molecular flexibility index (Phi) is 5.30. The van der Waals surface area contributed by atoms with Crippen molar-refractivity contribution in [3.63, 3.8) is 0 Å². The van der Waals surface area contributed by atoms with Gasteiger partial charge in [0.2, 0.25) is 0 Å². The van der Waals surface area contributed by atoms with E-state index in [-0.39, 0.29) is 17.3 Å². The number of benzene rings is 1. The van der Waals surface area contributed by atoms with Crippen LogP contribution >= 0.6 is 15.9 Å². The molecule has 2 atom stereocenters. The Hall–Kier alpha value is -1.47. The maximum absolute atomic E-state index is 12.2. The number of carbonyl (C=O) groups is 1. The highest BCUT2D eigenvalue weighted by molar-refractivity contribution is 9.10. The van der Waals surface area contributed by atoms with E-state index < -0.39 is 16.9 Å². The average molecular weight is 357 g/mol. The van der Waals surface area contributed by atoms with Gasteiger partial charge in [0.1, 0.15) is 0 Å². The third kappa shape index (κ3) is 4.01. The average Bonchev–Trinajstić information content (AvgIpc) is 2.64. The van der Waals surface area contributed by atoms with Crippen molar-refractivity contribution in [2.24, 2.45) is 0 Å². The monoisotopic (exact) mass is 356 g/mol. The summed E-state index contributed by atoms with van der Waals surface area (Å²) < 4.78 is 0.332. The van der Waals surface area contributed by atoms with Crippen LogP contribution in [0.25, 0.3) is 0 Å². The second-order valence-corrected chi connectivity index (χ2v) is 6.06. The molecule has 0 aliphatic heterocycles. The van der Waals surface area contributed by atoms with Crippen LogP contribution in [0.2, 0.25) is 0 Å². The third-order valence-corrected chi connectivity index (χ3v) is 4.37. The molecule has 2 N–H and O–H groups in total. The number of aliphatic hydroxyl groups excluding tert-OH is 1. The molecule has 1 aliphatic carbocycles. The van der Waals surface area contributed by atoms with Crippen LogP contribution in [0.1, 0.15) is 42.5 Å². The van der Waals surface area contributed by atoms with Gasteiger partial charge in [-0.05, 0) is 40.9 Å². The van der Waals surface area contributed by atoms with Crippen LogP contribution in [0.5, 0.6) is 0 Å². The molecule has 0 radical (unpaired) electrons. The zero-order valence-electron chi connectivity index (χ0n) is 11.4. The van der Waals surface area contributed by atoms with Crippen LogP contribution in [0, 0.1) is 10.1 Å². The zero-order valence-corrected chi connectivity index (χ0v) is 13.0. The molecule has 1 amide bonds. The fourth-order valence-corrected chi connectivity index (χ4v) is 2.89. The summed E-state index contributed by atoms with van der Waals surface area (Å²) in [5.74, 6) is -0.392. The first kappa shape index (κ1) is 15.9. The summed E-state index contributed by atoms with van der Waals surface area (Å²) in [6, 6.07) is 3.96. The standard InChI is InChI=1S/C14H17BrN2O4/c15-10-7-6-9(8-12(10)17(20)21)14(19)16-11-4-2-1-3-5-13(11)18/h6-8,11,13,18H,1-5H2,(H,16,19). The minimum Gasteiger partial charge on any atom is -0.391 e. The summed E-state index contributed by atoms with van der Waals surface area (Å²) >= 11 is 3.09. The molecule has 0 bridgehead atoms. The number of nitro groups is 1. The van der Waals surface area contributed by atoms with Gasteiger partial charge in [-0.25, -0.2) is 0 Å². The quantitative estimate of drug-likeness (QED) is 0.494. The number of nitro benzene ring substituents is 1. The smallest absolute Gasteiger partial charge is 0.284 e. The van der Waals surface area contributed by atoms with Crippen molar-refractivity contribution in [1.29, 1.82) is 0 Å². The molecule has 1 aromatic carbocycles. The molecule has 2 rings (SSSR count). The minimum atomic E-state index is -0.554. The number of nitrogens with zero attached hydrogens (tertiary/aromatic N) is 1. The third-order valence-electron chi connectivity index (χ3n) is 3.70. The summed E-state index contributed by atoms with van der Waals surface area (Å²) in [6.45, 7) is 0. The van der Waals surface area contributed by atoms with Gasteiger partial charge in [0, 0.05) is 11.6 Å². The molecule has 0 spiro atoms. The molecule has 2 unspecified atom stereocenters. The highest BCUT2D eigenvalue weighted by atomic mass is 79.9. The Balaban J connectivity index is 2.12. The molecular weight excluding hydrogens is 340 g/mol. The maximum Gasteiger partial charge on any atom is 0.284 e. The summed E-state index contributed by atoms with van der Waals surface area (Å²) in [7, 11) is 0. The lowest BCUT2D eigenvalue weighted by molar-refractivity contribution is -0.385. The van der Waals surface area contributed by atoms with Gasteiger partial charge >= 0.3 is 0 Å². The highest BCUT2D eigenvalue weighted by Gasteiger charge is 2.24. The number of halogens is 1. The summed E-state index contributed by atoms with van der Waals surface area (Å²) in [5.41, 5.74) is 0.0745. The Morgan fingerprint density at radius 1 is 1.33 bits per heavy atom. The molecule has 0 heterocycles. The normalized spacial score (nSPS) is 22.4. The highest BCUT2D eigenvalue weighted by Crippen LogP contribution is 2.26. The Bertz CT molecular complexity index is 550. The fourth-order valence-electron chi connectivity index (χ4n) is 2.50. The van der Waals surface area contributed by atoms with Crippen molar-refractivity contribution in [2.75, 3.05) is 0 Å². The van der Waals surface area contributed by atoms with E-state index in [0.717, 1.165) is 25.7 Å². The molecule has 1 aromatic rings. The molecule has 0 saturated heterocycles. The van der Waals surface area contributed by atoms with Gasteiger partial charge in [-0.3, -0.25) is 14.9 Å². The predicted octanol–water partition coefficient (Wildman–Crippen LogP) is 2.78. The fraction of sp³-hybridized carbons (Fsp3) is 0.500. The first-order valence-corrected chi connectivity index (χ1v) is 7.71. The lowest BCUT2D eigenvalue weighted by Gasteiger charge is -2.21. The van der Waals surface area contributed by atoms with Gasteiger partial charge in [-0.15, -0.1) is 0 Å². The van der Waals surface area contributed by atoms with E-state index in [0.29, 0.717) is 10.9 Å². The van der Waals surface area contributed by atoms with Crippen molar-refractivity contribution in [3.05, 3.63) is 38.3 Å². The zero-order chi connectivity index (χ0) is 15.4. The lowest BCUT2D eigenvalue weighted by Crippen LogP contribution is -2.42. The number of hydrogen-bond donors (Lipinski definition) is 2. The molecule has 1 fully saturated rings. The van der Waals surface area contributed by atoms with Gasteiger partial charge < -0.3 is 10.4 Å². The number of aliphatic hydroxyl groups is 1. The van der Waals surface area contributed by atoms with Crippen LogP contribution in [-0.2, 0) is 0 Å². The predicted molar refractivity (Wildman–Crippen MR) is 81.1 cm³/mol. The number of rotatable bonds is 3. The maximum atomic E-state index is 12.2. The van der Waals surface area contributed by atoms with E-state index >= 15 is 0 Å². The number of carbonyl (C=O) groups excluding carboxylic acids is 1. The Morgan fingerprint density at radius 3 is 2.76 bits per heavy atom. The largest absolute Gasteiger partial charge is 0.391 e. The first-order chi connectivity index (χ1) is 9.99. The van der Waals surface area contributed by atoms with Gasteiger partial charge in [-0.2, -0.15) is 0 Å². The number of hydrogen-bond acceptors (Lipinski definition) is 4. The van der Waals surface area contributed by atoms with E-state index in [1.165, 1.54) is 18.2 Å². The van der Waals surface area contributed by atoms with E-state index in [2.05, 4.69) is 21.2 Å². The number of amides is 1. The van der Waals surface area contributed by atoms with Gasteiger partial charge in [0.25, 0.3) is 11.6 Å². The van der Waals surface area contributed by atoms with E-state index in [9.17, 15) is 20.0 Å². The van der Waals surface area contributed by atoms with E-state index in [4.69, 9.17) is 0 Å². The lowest BCUT2D eigenvalue weighted by atomic mass is 10.1. The molecule has 7 heteroatoms. The topological polar surface area (TPSA) is 92.5 Å². The summed E-state index contributed by atoms with van der Waals surface area (Å²) in [4.78, 5) is 22.5. The van der Waals surface area contributed by atoms with Crippen molar-refractivity contribution in [1.82, 2.24) is 5.32 Å². The van der Waals surface area contributed by atoms with E-state index in [1.54, 1.807) is 0 Å². The van der Waals surface area contributed by atoms with Gasteiger partial charge in [0.05, 0.1) is 21.5 Å². The van der Waals surface area contributed by atoms with Crippen molar-refractivity contribution < 1.29 is 14.8 Å². The second-order valence-electron chi connectivity index (χ2n) is 5.21. The van der Waals surface area contributed by atoms with Crippen LogP contribution in [0.3, 0.4) is 0 Å². The van der Waals surface area contributed by atoms with E-state index in [1.807, 2.05) is 0 Å². The molecule has 1 aliphatic rings. The molecule has 1 saturated carbocycles. The molecular formula is C14H17BrN2O4. The SMILES string of the molecule is O=C(NC1CCCCCC1O)c1ccc(Br)c([N+](=O)[O-])c1. The molecule has 114 valence electrons. The van der Waals surface area contributed by atoms with Crippen LogP contribution in [0.4, 0.5) is 5.69 Å². The Labute approximate surface area is 130 Å². The molecule has 0 aromatic heterocycles. The molecule has 6 nitrogen and oxygen atoms in total. The van der Waals surface area contributed by atoms with Crippen LogP contribution in [0.15, 0.2) is 22.7 Å². The van der Waals surface area contributed by atoms with Crippen molar-refractivity contribution >= 4 is 27.5 Å². The van der Waals surface area contributed by atoms with Gasteiger partial charge in [-0.1, -0.05) is 19.3 Å². The van der Waals surface area contributed by atoms with Crippen LogP contribution in [-0.4, -0.2) is 28.1 Å². The Morgan fingerprint density at radius 2 is 2.05 bits per heavy atom. The molecule has 21 heavy (non-hydrogen) atoms. The minimum absolute atomic E-state index is 0.149. The van der Waals surface area contributed by atoms with Crippen molar-refractivity contribution in [2.45, 2.75) is 44.2 Å².